The van der Waals surface area contributed by atoms with Crippen molar-refractivity contribution in [3.05, 3.63) is 74.9 Å². The largest absolute Gasteiger partial charge is 0.354 e. The molecule has 0 radical (unpaired) electrons. The number of amides is 1. The summed E-state index contributed by atoms with van der Waals surface area (Å²) in [4.78, 5) is 23.8. The highest BCUT2D eigenvalue weighted by Gasteiger charge is 2.10. The SMILES string of the molecule is O=C(Cn1ncc(Cl)c(Cl)c1=O)NCCc1cnn(-c2ccccc2)c1. The van der Waals surface area contributed by atoms with Crippen molar-refractivity contribution in [2.45, 2.75) is 13.0 Å². The van der Waals surface area contributed by atoms with Crippen molar-refractivity contribution in [3.8, 4) is 5.69 Å². The van der Waals surface area contributed by atoms with Gasteiger partial charge in [0.25, 0.3) is 5.56 Å². The molecule has 0 aliphatic carbocycles. The predicted molar refractivity (Wildman–Crippen MR) is 98.8 cm³/mol. The molecule has 2 heterocycles. The smallest absolute Gasteiger partial charge is 0.287 e. The number of rotatable bonds is 6. The minimum Gasteiger partial charge on any atom is -0.354 e. The molecule has 3 aromatic rings. The van der Waals surface area contributed by atoms with Gasteiger partial charge in [0, 0.05) is 12.7 Å². The zero-order chi connectivity index (χ0) is 18.5. The molecule has 0 fully saturated rings. The van der Waals surface area contributed by atoms with E-state index in [1.54, 1.807) is 10.9 Å². The summed E-state index contributed by atoms with van der Waals surface area (Å²) in [7, 11) is 0. The van der Waals surface area contributed by atoms with Gasteiger partial charge in [-0.25, -0.2) is 9.36 Å². The Balaban J connectivity index is 1.52. The summed E-state index contributed by atoms with van der Waals surface area (Å²) < 4.78 is 2.74. The number of nitrogens with one attached hydrogen (secondary N) is 1. The van der Waals surface area contributed by atoms with E-state index in [4.69, 9.17) is 23.2 Å². The average Bonchev–Trinajstić information content (AvgIpc) is 3.12. The van der Waals surface area contributed by atoms with Crippen LogP contribution in [-0.4, -0.2) is 32.0 Å². The van der Waals surface area contributed by atoms with Crippen LogP contribution in [0.25, 0.3) is 5.69 Å². The Hall–Kier alpha value is -2.64. The quantitative estimate of drug-likeness (QED) is 0.697. The molecular formula is C17H15Cl2N5O2. The number of carbonyl (C=O) groups is 1. The fourth-order valence-electron chi connectivity index (χ4n) is 2.31. The second-order valence-electron chi connectivity index (χ2n) is 5.50. The van der Waals surface area contributed by atoms with Crippen LogP contribution in [0.4, 0.5) is 0 Å². The summed E-state index contributed by atoms with van der Waals surface area (Å²) in [6.45, 7) is 0.189. The van der Waals surface area contributed by atoms with E-state index in [1.807, 2.05) is 36.5 Å². The molecule has 0 bridgehead atoms. The summed E-state index contributed by atoms with van der Waals surface area (Å²) in [5, 5.41) is 10.7. The van der Waals surface area contributed by atoms with Crippen LogP contribution in [0.3, 0.4) is 0 Å². The number of para-hydroxylation sites is 1. The van der Waals surface area contributed by atoms with Gasteiger partial charge in [0.05, 0.1) is 23.1 Å². The summed E-state index contributed by atoms with van der Waals surface area (Å²) >= 11 is 11.5. The monoisotopic (exact) mass is 391 g/mol. The number of nitrogens with zero attached hydrogens (tertiary/aromatic N) is 4. The third-order valence-electron chi connectivity index (χ3n) is 3.63. The number of hydrogen-bond donors (Lipinski definition) is 1. The molecule has 0 aliphatic rings. The fourth-order valence-corrected chi connectivity index (χ4v) is 2.58. The van der Waals surface area contributed by atoms with Gasteiger partial charge >= 0.3 is 0 Å². The molecule has 7 nitrogen and oxygen atoms in total. The lowest BCUT2D eigenvalue weighted by atomic mass is 10.2. The van der Waals surface area contributed by atoms with Gasteiger partial charge in [-0.05, 0) is 24.1 Å². The first kappa shape index (κ1) is 18.2. The third-order valence-corrected chi connectivity index (χ3v) is 4.38. The first-order chi connectivity index (χ1) is 12.5. The summed E-state index contributed by atoms with van der Waals surface area (Å²) in [5.41, 5.74) is 1.35. The number of carbonyl (C=O) groups excluding carboxylic acids is 1. The van der Waals surface area contributed by atoms with E-state index in [0.29, 0.717) is 13.0 Å². The number of hydrogen-bond acceptors (Lipinski definition) is 4. The van der Waals surface area contributed by atoms with Crippen LogP contribution in [0, 0.1) is 0 Å². The Bertz CT molecular complexity index is 969. The Labute approximate surface area is 159 Å². The molecular weight excluding hydrogens is 377 g/mol. The van der Waals surface area contributed by atoms with Gasteiger partial charge in [0.1, 0.15) is 11.6 Å². The lowest BCUT2D eigenvalue weighted by Gasteiger charge is -2.06. The van der Waals surface area contributed by atoms with E-state index < -0.39 is 5.56 Å². The molecule has 0 unspecified atom stereocenters. The lowest BCUT2D eigenvalue weighted by molar-refractivity contribution is -0.121. The van der Waals surface area contributed by atoms with Crippen molar-refractivity contribution in [2.75, 3.05) is 6.54 Å². The van der Waals surface area contributed by atoms with E-state index in [9.17, 15) is 9.59 Å². The van der Waals surface area contributed by atoms with Crippen LogP contribution in [0.1, 0.15) is 5.56 Å². The Kier molecular flexibility index (Phi) is 5.70. The van der Waals surface area contributed by atoms with Gasteiger partial charge in [-0.15, -0.1) is 0 Å². The van der Waals surface area contributed by atoms with E-state index in [-0.39, 0.29) is 22.5 Å². The van der Waals surface area contributed by atoms with Crippen molar-refractivity contribution >= 4 is 29.1 Å². The molecule has 134 valence electrons. The second kappa shape index (κ2) is 8.16. The third kappa shape index (κ3) is 4.30. The molecule has 0 saturated carbocycles. The highest BCUT2D eigenvalue weighted by molar-refractivity contribution is 6.41. The van der Waals surface area contributed by atoms with Crippen molar-refractivity contribution in [2.24, 2.45) is 0 Å². The van der Waals surface area contributed by atoms with Crippen LogP contribution in [-0.2, 0) is 17.8 Å². The molecule has 1 N–H and O–H groups in total. The molecule has 0 saturated heterocycles. The minimum absolute atomic E-state index is 0.0590. The van der Waals surface area contributed by atoms with E-state index in [2.05, 4.69) is 15.5 Å². The second-order valence-corrected chi connectivity index (χ2v) is 6.28. The summed E-state index contributed by atoms with van der Waals surface area (Å²) in [5.74, 6) is -0.339. The molecule has 1 aromatic carbocycles. The maximum atomic E-state index is 12.0. The maximum Gasteiger partial charge on any atom is 0.287 e. The fraction of sp³-hybridized carbons (Fsp3) is 0.176. The normalized spacial score (nSPS) is 10.7. The predicted octanol–water partition coefficient (Wildman–Crippen LogP) is 2.09. The molecule has 26 heavy (non-hydrogen) atoms. The zero-order valence-electron chi connectivity index (χ0n) is 13.6. The highest BCUT2D eigenvalue weighted by atomic mass is 35.5. The van der Waals surface area contributed by atoms with Crippen LogP contribution < -0.4 is 10.9 Å². The number of halogens is 2. The van der Waals surface area contributed by atoms with Crippen LogP contribution in [0.5, 0.6) is 0 Å². The summed E-state index contributed by atoms with van der Waals surface area (Å²) in [6.07, 6.45) is 5.51. The van der Waals surface area contributed by atoms with Crippen LogP contribution in [0.2, 0.25) is 10.0 Å². The number of benzene rings is 1. The molecule has 2 aromatic heterocycles. The van der Waals surface area contributed by atoms with Crippen molar-refractivity contribution in [3.63, 3.8) is 0 Å². The molecule has 0 spiro atoms. The maximum absolute atomic E-state index is 12.0. The van der Waals surface area contributed by atoms with E-state index >= 15 is 0 Å². The van der Waals surface area contributed by atoms with Gasteiger partial charge < -0.3 is 5.32 Å². The van der Waals surface area contributed by atoms with Crippen molar-refractivity contribution < 1.29 is 4.79 Å². The zero-order valence-corrected chi connectivity index (χ0v) is 15.1. The summed E-state index contributed by atoms with van der Waals surface area (Å²) in [6, 6.07) is 9.74. The van der Waals surface area contributed by atoms with E-state index in [0.717, 1.165) is 15.9 Å². The molecule has 9 heteroatoms. The minimum atomic E-state index is -0.599. The Morgan fingerprint density at radius 2 is 1.88 bits per heavy atom. The molecule has 1 amide bonds. The van der Waals surface area contributed by atoms with Gasteiger partial charge in [0.15, 0.2) is 0 Å². The molecule has 0 aliphatic heterocycles. The van der Waals surface area contributed by atoms with Gasteiger partial charge in [0.2, 0.25) is 5.91 Å². The Morgan fingerprint density at radius 1 is 1.12 bits per heavy atom. The molecule has 3 rings (SSSR count). The lowest BCUT2D eigenvalue weighted by Crippen LogP contribution is -2.34. The first-order valence-corrected chi connectivity index (χ1v) is 8.57. The van der Waals surface area contributed by atoms with Crippen molar-refractivity contribution in [1.29, 1.82) is 0 Å². The van der Waals surface area contributed by atoms with Gasteiger partial charge in [-0.3, -0.25) is 9.59 Å². The van der Waals surface area contributed by atoms with Gasteiger partial charge in [-0.2, -0.15) is 10.2 Å². The highest BCUT2D eigenvalue weighted by Crippen LogP contribution is 2.14. The topological polar surface area (TPSA) is 81.8 Å². The number of aromatic nitrogens is 4. The average molecular weight is 392 g/mol. The molecule has 0 atom stereocenters. The van der Waals surface area contributed by atoms with E-state index in [1.165, 1.54) is 6.20 Å². The standard InChI is InChI=1S/C17H15Cl2N5O2/c18-14-9-22-24(17(26)16(14)19)11-15(25)20-7-6-12-8-21-23(10-12)13-4-2-1-3-5-13/h1-5,8-10H,6-7,11H2,(H,20,25). The van der Waals surface area contributed by atoms with Crippen LogP contribution in [0.15, 0.2) is 53.7 Å². The van der Waals surface area contributed by atoms with Crippen molar-refractivity contribution in [1.82, 2.24) is 24.9 Å². The van der Waals surface area contributed by atoms with Crippen LogP contribution >= 0.6 is 23.2 Å². The Morgan fingerprint density at radius 3 is 2.65 bits per heavy atom. The first-order valence-electron chi connectivity index (χ1n) is 7.81. The van der Waals surface area contributed by atoms with Gasteiger partial charge in [-0.1, -0.05) is 41.4 Å².